The van der Waals surface area contributed by atoms with Crippen LogP contribution in [0.3, 0.4) is 0 Å². The molecular formula is C19H18BrN3O. The van der Waals surface area contributed by atoms with E-state index in [1.165, 1.54) is 0 Å². The number of carbonyl (C=O) groups is 1. The van der Waals surface area contributed by atoms with Crippen molar-refractivity contribution < 1.29 is 4.79 Å². The second-order valence-corrected chi connectivity index (χ2v) is 6.56. The van der Waals surface area contributed by atoms with E-state index in [4.69, 9.17) is 0 Å². The summed E-state index contributed by atoms with van der Waals surface area (Å²) in [4.78, 5) is 12.3. The molecule has 3 aromatic rings. The second kappa shape index (κ2) is 7.45. The summed E-state index contributed by atoms with van der Waals surface area (Å²) in [6, 6.07) is 17.8. The summed E-state index contributed by atoms with van der Waals surface area (Å²) in [6.45, 7) is 1.98. The van der Waals surface area contributed by atoms with E-state index in [0.29, 0.717) is 6.42 Å². The number of halogens is 1. The van der Waals surface area contributed by atoms with Gasteiger partial charge in [0.15, 0.2) is 0 Å². The molecule has 0 spiro atoms. The van der Waals surface area contributed by atoms with E-state index in [1.54, 1.807) is 10.9 Å². The van der Waals surface area contributed by atoms with Gasteiger partial charge in [-0.3, -0.25) is 4.79 Å². The number of hydrogen-bond donors (Lipinski definition) is 1. The van der Waals surface area contributed by atoms with E-state index >= 15 is 0 Å². The highest BCUT2D eigenvalue weighted by atomic mass is 79.9. The van der Waals surface area contributed by atoms with Gasteiger partial charge in [-0.05, 0) is 42.3 Å². The van der Waals surface area contributed by atoms with Gasteiger partial charge in [-0.1, -0.05) is 46.3 Å². The average Bonchev–Trinajstić information content (AvgIpc) is 3.04. The molecule has 1 heterocycles. The summed E-state index contributed by atoms with van der Waals surface area (Å²) in [5, 5.41) is 7.34. The van der Waals surface area contributed by atoms with Crippen molar-refractivity contribution in [3.05, 3.63) is 82.6 Å². The van der Waals surface area contributed by atoms with E-state index in [-0.39, 0.29) is 11.9 Å². The molecule has 0 saturated heterocycles. The van der Waals surface area contributed by atoms with Crippen molar-refractivity contribution in [3.63, 3.8) is 0 Å². The fourth-order valence-electron chi connectivity index (χ4n) is 2.49. The van der Waals surface area contributed by atoms with Crippen LogP contribution in [0.2, 0.25) is 0 Å². The van der Waals surface area contributed by atoms with Gasteiger partial charge in [-0.2, -0.15) is 5.10 Å². The van der Waals surface area contributed by atoms with Gasteiger partial charge in [0.05, 0.1) is 24.3 Å². The van der Waals surface area contributed by atoms with E-state index in [1.807, 2.05) is 67.7 Å². The first-order valence-electron chi connectivity index (χ1n) is 7.75. The van der Waals surface area contributed by atoms with Gasteiger partial charge in [0, 0.05) is 10.7 Å². The molecule has 1 amide bonds. The highest BCUT2D eigenvalue weighted by Crippen LogP contribution is 2.16. The molecule has 1 atom stereocenters. The van der Waals surface area contributed by atoms with Crippen LogP contribution in [0.1, 0.15) is 24.1 Å². The zero-order valence-electron chi connectivity index (χ0n) is 13.3. The maximum absolute atomic E-state index is 12.3. The summed E-state index contributed by atoms with van der Waals surface area (Å²) >= 11 is 3.41. The Labute approximate surface area is 149 Å². The lowest BCUT2D eigenvalue weighted by Crippen LogP contribution is -2.27. The minimum atomic E-state index is -0.0326. The van der Waals surface area contributed by atoms with Crippen LogP contribution in [0.4, 0.5) is 0 Å². The van der Waals surface area contributed by atoms with Crippen molar-refractivity contribution in [3.8, 4) is 5.69 Å². The smallest absolute Gasteiger partial charge is 0.225 e. The Bertz CT molecular complexity index is 812. The minimum Gasteiger partial charge on any atom is -0.349 e. The summed E-state index contributed by atoms with van der Waals surface area (Å²) < 4.78 is 2.80. The number of nitrogens with zero attached hydrogens (tertiary/aromatic N) is 2. The molecule has 1 N–H and O–H groups in total. The van der Waals surface area contributed by atoms with Gasteiger partial charge in [-0.25, -0.2) is 4.68 Å². The Kier molecular flexibility index (Phi) is 5.11. The lowest BCUT2D eigenvalue weighted by Gasteiger charge is -2.14. The van der Waals surface area contributed by atoms with Crippen molar-refractivity contribution in [2.45, 2.75) is 19.4 Å². The lowest BCUT2D eigenvalue weighted by atomic mass is 10.1. The summed E-state index contributed by atoms with van der Waals surface area (Å²) in [7, 11) is 0. The molecule has 2 aromatic carbocycles. The molecule has 24 heavy (non-hydrogen) atoms. The van der Waals surface area contributed by atoms with Crippen molar-refractivity contribution >= 4 is 21.8 Å². The zero-order valence-corrected chi connectivity index (χ0v) is 14.9. The molecule has 0 bridgehead atoms. The number of nitrogens with one attached hydrogen (secondary N) is 1. The van der Waals surface area contributed by atoms with Crippen LogP contribution in [-0.2, 0) is 11.2 Å². The van der Waals surface area contributed by atoms with Crippen LogP contribution in [0.15, 0.2) is 71.5 Å². The van der Waals surface area contributed by atoms with Gasteiger partial charge in [0.1, 0.15) is 0 Å². The minimum absolute atomic E-state index is 0.0157. The van der Waals surface area contributed by atoms with Crippen LogP contribution in [0.5, 0.6) is 0 Å². The molecule has 1 unspecified atom stereocenters. The lowest BCUT2D eigenvalue weighted by molar-refractivity contribution is -0.121. The standard InChI is InChI=1S/C19H18BrN3O/c1-14(16-7-9-17(20)10-8-16)22-19(24)11-15-12-21-23(13-15)18-5-3-2-4-6-18/h2-10,12-14H,11H2,1H3,(H,22,24). The van der Waals surface area contributed by atoms with Crippen LogP contribution in [-0.4, -0.2) is 15.7 Å². The van der Waals surface area contributed by atoms with Crippen molar-refractivity contribution in [1.29, 1.82) is 0 Å². The monoisotopic (exact) mass is 383 g/mol. The van der Waals surface area contributed by atoms with Crippen LogP contribution >= 0.6 is 15.9 Å². The number of benzene rings is 2. The Morgan fingerprint density at radius 1 is 1.17 bits per heavy atom. The van der Waals surface area contributed by atoms with Crippen molar-refractivity contribution in [2.24, 2.45) is 0 Å². The molecule has 3 rings (SSSR count). The van der Waals surface area contributed by atoms with Gasteiger partial charge in [-0.15, -0.1) is 0 Å². The number of rotatable bonds is 5. The van der Waals surface area contributed by atoms with Crippen LogP contribution in [0, 0.1) is 0 Å². The maximum atomic E-state index is 12.3. The molecule has 0 radical (unpaired) electrons. The Balaban J connectivity index is 1.61. The zero-order chi connectivity index (χ0) is 16.9. The first-order chi connectivity index (χ1) is 11.6. The SMILES string of the molecule is CC(NC(=O)Cc1cnn(-c2ccccc2)c1)c1ccc(Br)cc1. The van der Waals surface area contributed by atoms with Gasteiger partial charge < -0.3 is 5.32 Å². The average molecular weight is 384 g/mol. The third-order valence-electron chi connectivity index (χ3n) is 3.77. The third kappa shape index (κ3) is 4.11. The molecule has 1 aromatic heterocycles. The van der Waals surface area contributed by atoms with E-state index in [0.717, 1.165) is 21.3 Å². The molecule has 0 fully saturated rings. The maximum Gasteiger partial charge on any atom is 0.225 e. The quantitative estimate of drug-likeness (QED) is 0.721. The first kappa shape index (κ1) is 16.5. The van der Waals surface area contributed by atoms with Gasteiger partial charge in [0.25, 0.3) is 0 Å². The predicted molar refractivity (Wildman–Crippen MR) is 98.0 cm³/mol. The highest BCUT2D eigenvalue weighted by Gasteiger charge is 2.11. The molecule has 0 aliphatic heterocycles. The fraction of sp³-hybridized carbons (Fsp3) is 0.158. The Hall–Kier alpha value is -2.40. The Morgan fingerprint density at radius 3 is 2.58 bits per heavy atom. The second-order valence-electron chi connectivity index (χ2n) is 5.65. The normalized spacial score (nSPS) is 11.9. The summed E-state index contributed by atoms with van der Waals surface area (Å²) in [5.74, 6) is -0.0157. The summed E-state index contributed by atoms with van der Waals surface area (Å²) in [6.07, 6.45) is 3.93. The van der Waals surface area contributed by atoms with Gasteiger partial charge >= 0.3 is 0 Å². The first-order valence-corrected chi connectivity index (χ1v) is 8.55. The molecule has 5 heteroatoms. The largest absolute Gasteiger partial charge is 0.349 e. The van der Waals surface area contributed by atoms with Crippen molar-refractivity contribution in [2.75, 3.05) is 0 Å². The molecule has 0 aliphatic carbocycles. The number of hydrogen-bond acceptors (Lipinski definition) is 2. The molecular weight excluding hydrogens is 366 g/mol. The third-order valence-corrected chi connectivity index (χ3v) is 4.30. The fourth-order valence-corrected chi connectivity index (χ4v) is 2.75. The topological polar surface area (TPSA) is 46.9 Å². The van der Waals surface area contributed by atoms with Gasteiger partial charge in [0.2, 0.25) is 5.91 Å². The highest BCUT2D eigenvalue weighted by molar-refractivity contribution is 9.10. The number of aromatic nitrogens is 2. The van der Waals surface area contributed by atoms with Crippen molar-refractivity contribution in [1.82, 2.24) is 15.1 Å². The molecule has 0 aliphatic rings. The molecule has 0 saturated carbocycles. The van der Waals surface area contributed by atoms with E-state index < -0.39 is 0 Å². The van der Waals surface area contributed by atoms with Crippen LogP contribution in [0.25, 0.3) is 5.69 Å². The number of carbonyl (C=O) groups excluding carboxylic acids is 1. The summed E-state index contributed by atoms with van der Waals surface area (Å²) in [5.41, 5.74) is 2.94. The molecule has 122 valence electrons. The van der Waals surface area contributed by atoms with E-state index in [9.17, 15) is 4.79 Å². The number of amides is 1. The molecule has 4 nitrogen and oxygen atoms in total. The predicted octanol–water partition coefficient (Wildman–Crippen LogP) is 4.05. The number of para-hydroxylation sites is 1. The Morgan fingerprint density at radius 2 is 1.88 bits per heavy atom. The van der Waals surface area contributed by atoms with Crippen LogP contribution < -0.4 is 5.32 Å². The van der Waals surface area contributed by atoms with E-state index in [2.05, 4.69) is 26.3 Å².